The number of fused-ring (bicyclic) bond motifs is 1. The monoisotopic (exact) mass is 376 g/mol. The Morgan fingerprint density at radius 3 is 2.72 bits per heavy atom. The maximum Gasteiger partial charge on any atom is 0.327 e. The van der Waals surface area contributed by atoms with E-state index in [-0.39, 0.29) is 9.23 Å². The summed E-state index contributed by atoms with van der Waals surface area (Å²) in [6, 6.07) is 6.00. The van der Waals surface area contributed by atoms with Gasteiger partial charge in [0, 0.05) is 22.7 Å². The van der Waals surface area contributed by atoms with E-state index in [0.29, 0.717) is 0 Å². The molecule has 1 saturated heterocycles. The molecule has 1 amide bonds. The van der Waals surface area contributed by atoms with Crippen molar-refractivity contribution in [3.8, 4) is 0 Å². The van der Waals surface area contributed by atoms with Gasteiger partial charge in [-0.05, 0) is 12.1 Å². The SMILES string of the molecule is O=C(O)C[C@@H](C(=O)O)N1C(=O)C(=Cc2c[nH]c3ccccc23)SC1=S. The lowest BCUT2D eigenvalue weighted by molar-refractivity contribution is -0.150. The largest absolute Gasteiger partial charge is 0.481 e. The van der Waals surface area contributed by atoms with Crippen molar-refractivity contribution < 1.29 is 24.6 Å². The molecule has 0 radical (unpaired) electrons. The molecular formula is C16H12N2O5S2. The number of amides is 1. The van der Waals surface area contributed by atoms with Crippen LogP contribution in [0.2, 0.25) is 0 Å². The lowest BCUT2D eigenvalue weighted by Crippen LogP contribution is -2.45. The van der Waals surface area contributed by atoms with Crippen LogP contribution in [0.25, 0.3) is 17.0 Å². The van der Waals surface area contributed by atoms with Gasteiger partial charge in [-0.25, -0.2) is 4.79 Å². The number of hydrogen-bond acceptors (Lipinski definition) is 5. The Balaban J connectivity index is 1.95. The summed E-state index contributed by atoms with van der Waals surface area (Å²) in [5.41, 5.74) is 1.67. The Bertz CT molecular complexity index is 934. The van der Waals surface area contributed by atoms with Gasteiger partial charge in [0.2, 0.25) is 0 Å². The van der Waals surface area contributed by atoms with Crippen molar-refractivity contribution in [1.29, 1.82) is 0 Å². The van der Waals surface area contributed by atoms with Crippen LogP contribution in [0.4, 0.5) is 0 Å². The summed E-state index contributed by atoms with van der Waals surface area (Å²) in [5.74, 6) is -3.33. The van der Waals surface area contributed by atoms with E-state index in [9.17, 15) is 19.5 Å². The lowest BCUT2D eigenvalue weighted by Gasteiger charge is -2.21. The number of carboxylic acids is 2. The molecular weight excluding hydrogens is 364 g/mol. The van der Waals surface area contributed by atoms with Gasteiger partial charge in [0.25, 0.3) is 5.91 Å². The van der Waals surface area contributed by atoms with Crippen LogP contribution in [-0.2, 0) is 14.4 Å². The van der Waals surface area contributed by atoms with Crippen LogP contribution in [0.1, 0.15) is 12.0 Å². The second-order valence-electron chi connectivity index (χ2n) is 5.29. The quantitative estimate of drug-likeness (QED) is 0.542. The molecule has 2 aromatic rings. The first kappa shape index (κ1) is 17.2. The minimum absolute atomic E-state index is 0.0322. The van der Waals surface area contributed by atoms with Gasteiger partial charge < -0.3 is 15.2 Å². The number of thioether (sulfide) groups is 1. The Labute approximate surface area is 151 Å². The molecule has 9 heteroatoms. The Morgan fingerprint density at radius 2 is 2.04 bits per heavy atom. The molecule has 128 valence electrons. The highest BCUT2D eigenvalue weighted by molar-refractivity contribution is 8.26. The van der Waals surface area contributed by atoms with E-state index in [0.717, 1.165) is 33.1 Å². The summed E-state index contributed by atoms with van der Waals surface area (Å²) in [5, 5.41) is 19.0. The van der Waals surface area contributed by atoms with E-state index in [4.69, 9.17) is 17.3 Å². The molecule has 3 rings (SSSR count). The molecule has 0 saturated carbocycles. The van der Waals surface area contributed by atoms with E-state index >= 15 is 0 Å². The third-order valence-corrected chi connectivity index (χ3v) is 5.03. The molecule has 25 heavy (non-hydrogen) atoms. The van der Waals surface area contributed by atoms with Crippen LogP contribution in [0.3, 0.4) is 0 Å². The first-order valence-electron chi connectivity index (χ1n) is 7.16. The molecule has 2 heterocycles. The van der Waals surface area contributed by atoms with Crippen LogP contribution in [0.15, 0.2) is 35.4 Å². The van der Waals surface area contributed by atoms with Gasteiger partial charge in [0.15, 0.2) is 0 Å². The number of carboxylic acid groups (broad SMARTS) is 2. The smallest absolute Gasteiger partial charge is 0.327 e. The van der Waals surface area contributed by atoms with E-state index in [1.807, 2.05) is 24.3 Å². The molecule has 1 aliphatic heterocycles. The first-order valence-corrected chi connectivity index (χ1v) is 8.38. The van der Waals surface area contributed by atoms with E-state index in [1.165, 1.54) is 0 Å². The molecule has 1 fully saturated rings. The molecule has 0 aliphatic carbocycles. The van der Waals surface area contributed by atoms with Crippen molar-refractivity contribution in [2.24, 2.45) is 0 Å². The summed E-state index contributed by atoms with van der Waals surface area (Å²) in [7, 11) is 0. The number of nitrogens with one attached hydrogen (secondary N) is 1. The van der Waals surface area contributed by atoms with E-state index in [1.54, 1.807) is 12.3 Å². The van der Waals surface area contributed by atoms with Gasteiger partial charge in [-0.2, -0.15) is 0 Å². The number of nitrogens with zero attached hydrogens (tertiary/aromatic N) is 1. The average Bonchev–Trinajstić information content (AvgIpc) is 3.07. The van der Waals surface area contributed by atoms with Crippen LogP contribution in [0.5, 0.6) is 0 Å². The molecule has 0 unspecified atom stereocenters. The molecule has 0 bridgehead atoms. The number of carbonyl (C=O) groups excluding carboxylic acids is 1. The fourth-order valence-electron chi connectivity index (χ4n) is 2.56. The second kappa shape index (κ2) is 6.69. The van der Waals surface area contributed by atoms with E-state index in [2.05, 4.69) is 4.98 Å². The van der Waals surface area contributed by atoms with Gasteiger partial charge in [-0.1, -0.05) is 42.2 Å². The van der Waals surface area contributed by atoms with Crippen LogP contribution in [0, 0.1) is 0 Å². The summed E-state index contributed by atoms with van der Waals surface area (Å²) < 4.78 is 0.0322. The zero-order valence-electron chi connectivity index (χ0n) is 12.6. The summed E-state index contributed by atoms with van der Waals surface area (Å²) >= 11 is 6.06. The maximum atomic E-state index is 12.6. The number of rotatable bonds is 5. The van der Waals surface area contributed by atoms with Crippen molar-refractivity contribution in [2.75, 3.05) is 0 Å². The fraction of sp³-hybridized carbons (Fsp3) is 0.125. The summed E-state index contributed by atoms with van der Waals surface area (Å²) in [4.78, 5) is 39.0. The normalized spacial score (nSPS) is 17.4. The van der Waals surface area contributed by atoms with E-state index < -0.39 is 30.3 Å². The number of H-pyrrole nitrogens is 1. The Kier molecular flexibility index (Phi) is 4.60. The summed E-state index contributed by atoms with van der Waals surface area (Å²) in [6.45, 7) is 0. The van der Waals surface area contributed by atoms with Gasteiger partial charge in [-0.3, -0.25) is 14.5 Å². The predicted octanol–water partition coefficient (Wildman–Crippen LogP) is 2.30. The molecule has 3 N–H and O–H groups in total. The van der Waals surface area contributed by atoms with Gasteiger partial charge in [-0.15, -0.1) is 0 Å². The third kappa shape index (κ3) is 3.28. The van der Waals surface area contributed by atoms with Crippen molar-refractivity contribution in [1.82, 2.24) is 9.88 Å². The van der Waals surface area contributed by atoms with Gasteiger partial charge >= 0.3 is 11.9 Å². The number of benzene rings is 1. The second-order valence-corrected chi connectivity index (χ2v) is 6.97. The zero-order valence-corrected chi connectivity index (χ0v) is 14.3. The number of thiocarbonyl (C=S) groups is 1. The van der Waals surface area contributed by atoms with Crippen LogP contribution < -0.4 is 0 Å². The first-order chi connectivity index (χ1) is 11.9. The summed E-state index contributed by atoms with van der Waals surface area (Å²) in [6.07, 6.45) is 2.64. The molecule has 7 nitrogen and oxygen atoms in total. The minimum Gasteiger partial charge on any atom is -0.481 e. The number of aromatic amines is 1. The van der Waals surface area contributed by atoms with Crippen molar-refractivity contribution in [2.45, 2.75) is 12.5 Å². The lowest BCUT2D eigenvalue weighted by atomic mass is 10.1. The number of hydrogen-bond donors (Lipinski definition) is 3. The fourth-order valence-corrected chi connectivity index (χ4v) is 3.91. The topological polar surface area (TPSA) is 111 Å². The highest BCUT2D eigenvalue weighted by Crippen LogP contribution is 2.35. The predicted molar refractivity (Wildman–Crippen MR) is 97.0 cm³/mol. The number of aliphatic carboxylic acids is 2. The Hall–Kier alpha value is -2.65. The average molecular weight is 376 g/mol. The number of para-hydroxylation sites is 1. The Morgan fingerprint density at radius 1 is 1.32 bits per heavy atom. The van der Waals surface area contributed by atoms with Crippen LogP contribution >= 0.6 is 24.0 Å². The molecule has 1 aliphatic rings. The van der Waals surface area contributed by atoms with Gasteiger partial charge in [0.05, 0.1) is 11.3 Å². The molecule has 0 spiro atoms. The van der Waals surface area contributed by atoms with Crippen molar-refractivity contribution in [3.05, 3.63) is 40.9 Å². The molecule has 1 aromatic carbocycles. The highest BCUT2D eigenvalue weighted by atomic mass is 32.2. The third-order valence-electron chi connectivity index (χ3n) is 3.70. The van der Waals surface area contributed by atoms with Crippen LogP contribution in [-0.4, -0.2) is 48.3 Å². The highest BCUT2D eigenvalue weighted by Gasteiger charge is 2.41. The number of carbonyl (C=O) groups is 3. The van der Waals surface area contributed by atoms with Crippen molar-refractivity contribution >= 4 is 63.1 Å². The maximum absolute atomic E-state index is 12.6. The number of aromatic nitrogens is 1. The zero-order chi connectivity index (χ0) is 18.1. The molecule has 1 aromatic heterocycles. The molecule has 1 atom stereocenters. The van der Waals surface area contributed by atoms with Gasteiger partial charge in [0.1, 0.15) is 10.4 Å². The minimum atomic E-state index is -1.53. The van der Waals surface area contributed by atoms with Crippen molar-refractivity contribution in [3.63, 3.8) is 0 Å². The standard InChI is InChI=1S/C16H12N2O5S2/c19-13(20)6-11(15(22)23)18-14(21)12(25-16(18)24)5-8-7-17-10-4-2-1-3-9(8)10/h1-5,7,11,17H,6H2,(H,19,20)(H,22,23)/t11-/m0/s1.